The van der Waals surface area contributed by atoms with Gasteiger partial charge in [0, 0.05) is 37.0 Å². The van der Waals surface area contributed by atoms with Crippen LogP contribution in [0.1, 0.15) is 84.8 Å². The van der Waals surface area contributed by atoms with Crippen LogP contribution in [0.25, 0.3) is 0 Å². The van der Waals surface area contributed by atoms with Crippen LogP contribution in [0.2, 0.25) is 0 Å². The molecule has 1 spiro atoms. The maximum Gasteiger partial charge on any atom is 0.514 e. The number of pyridine rings is 1. The maximum atomic E-state index is 14.2. The lowest BCUT2D eigenvalue weighted by atomic mass is 9.85. The molecule has 4 heterocycles. The number of nitrogens with zero attached hydrogens (tertiary/aromatic N) is 3. The number of carbonyl (C=O) groups is 3. The van der Waals surface area contributed by atoms with Crippen molar-refractivity contribution >= 4 is 23.9 Å². The molecule has 5 rings (SSSR count). The van der Waals surface area contributed by atoms with Crippen LogP contribution in [0, 0.1) is 11.6 Å². The minimum absolute atomic E-state index is 0.0175. The van der Waals surface area contributed by atoms with Crippen LogP contribution in [0.5, 0.6) is 5.75 Å². The Morgan fingerprint density at radius 3 is 2.73 bits per heavy atom. The average molecular weight is 617 g/mol. The van der Waals surface area contributed by atoms with Gasteiger partial charge in [-0.3, -0.25) is 14.4 Å². The van der Waals surface area contributed by atoms with Crippen molar-refractivity contribution in [2.75, 3.05) is 20.3 Å². The zero-order chi connectivity index (χ0) is 31.6. The average Bonchev–Trinajstić information content (AvgIpc) is 3.38. The molecule has 0 aliphatic carbocycles. The topological polar surface area (TPSA) is 138 Å². The molecular weight excluding hydrogens is 582 g/mol. The predicted molar refractivity (Wildman–Crippen MR) is 151 cm³/mol. The van der Waals surface area contributed by atoms with E-state index in [9.17, 15) is 28.0 Å². The number of halogens is 2. The number of benzene rings is 1. The molecule has 12 nitrogen and oxygen atoms in total. The molecule has 0 radical (unpaired) electrons. The van der Waals surface area contributed by atoms with Gasteiger partial charge in [0.25, 0.3) is 11.8 Å². The van der Waals surface area contributed by atoms with Gasteiger partial charge in [0.2, 0.25) is 17.1 Å². The second-order valence-corrected chi connectivity index (χ2v) is 11.2. The summed E-state index contributed by atoms with van der Waals surface area (Å²) >= 11 is 0. The van der Waals surface area contributed by atoms with E-state index in [0.29, 0.717) is 31.2 Å². The highest BCUT2D eigenvalue weighted by Crippen LogP contribution is 2.46. The van der Waals surface area contributed by atoms with Gasteiger partial charge in [-0.15, -0.1) is 0 Å². The minimum atomic E-state index is -1.20. The van der Waals surface area contributed by atoms with E-state index in [2.05, 4.69) is 10.5 Å². The molecule has 236 valence electrons. The summed E-state index contributed by atoms with van der Waals surface area (Å²) in [6.07, 6.45) is 3.54. The molecule has 0 saturated carbocycles. The van der Waals surface area contributed by atoms with Gasteiger partial charge in [-0.1, -0.05) is 31.0 Å². The number of aromatic nitrogens is 1. The lowest BCUT2D eigenvalue weighted by Gasteiger charge is -2.41. The minimum Gasteiger partial charge on any atom is -0.482 e. The Hall–Kier alpha value is -4.49. The molecule has 0 unspecified atom stereocenters. The highest BCUT2D eigenvalue weighted by molar-refractivity contribution is 6.00. The van der Waals surface area contributed by atoms with E-state index in [4.69, 9.17) is 19.0 Å². The van der Waals surface area contributed by atoms with E-state index in [-0.39, 0.29) is 43.4 Å². The molecule has 2 bridgehead atoms. The third-order valence-corrected chi connectivity index (χ3v) is 8.35. The summed E-state index contributed by atoms with van der Waals surface area (Å²) in [5.41, 5.74) is -2.75. The zero-order valence-electron chi connectivity index (χ0n) is 24.7. The van der Waals surface area contributed by atoms with Gasteiger partial charge in [-0.05, 0) is 32.3 Å². The van der Waals surface area contributed by atoms with Crippen molar-refractivity contribution in [1.29, 1.82) is 0 Å². The monoisotopic (exact) mass is 616 g/mol. The third kappa shape index (κ3) is 5.84. The SMILES string of the molecule is CCCCCOC(=O)Oc1c2n(cc(C(=O)NCc3ccc(F)cc3F)c1=O)[C@@H]1CN(C2=O)[C@@H](C)CC[C@]12CC(OC)=NO2. The Kier molecular flexibility index (Phi) is 8.88. The predicted octanol–water partition coefficient (Wildman–Crippen LogP) is 4.06. The largest absolute Gasteiger partial charge is 0.514 e. The first kappa shape index (κ1) is 31.0. The Morgan fingerprint density at radius 2 is 2.02 bits per heavy atom. The number of fused-ring (bicyclic) bond motifs is 5. The van der Waals surface area contributed by atoms with Gasteiger partial charge < -0.3 is 33.8 Å². The summed E-state index contributed by atoms with van der Waals surface area (Å²) in [5.74, 6) is -3.48. The number of hydrogen-bond acceptors (Lipinski definition) is 9. The number of oxime groups is 1. The van der Waals surface area contributed by atoms with Crippen LogP contribution in [0.15, 0.2) is 34.3 Å². The first-order valence-electron chi connectivity index (χ1n) is 14.5. The molecular formula is C30H34F2N4O8. The van der Waals surface area contributed by atoms with Crippen molar-refractivity contribution in [3.8, 4) is 5.75 Å². The van der Waals surface area contributed by atoms with E-state index in [1.807, 2.05) is 13.8 Å². The molecule has 14 heteroatoms. The second kappa shape index (κ2) is 12.6. The van der Waals surface area contributed by atoms with Crippen molar-refractivity contribution in [1.82, 2.24) is 14.8 Å². The summed E-state index contributed by atoms with van der Waals surface area (Å²) in [7, 11) is 1.46. The lowest BCUT2D eigenvalue weighted by molar-refractivity contribution is -0.0655. The molecule has 44 heavy (non-hydrogen) atoms. The Bertz CT molecular complexity index is 1560. The van der Waals surface area contributed by atoms with Crippen LogP contribution in [0.3, 0.4) is 0 Å². The van der Waals surface area contributed by atoms with E-state index in [1.165, 1.54) is 23.9 Å². The number of rotatable bonds is 8. The summed E-state index contributed by atoms with van der Waals surface area (Å²) in [6, 6.07) is 1.96. The summed E-state index contributed by atoms with van der Waals surface area (Å²) < 4.78 is 44.9. The fraction of sp³-hybridized carbons (Fsp3) is 0.500. The second-order valence-electron chi connectivity index (χ2n) is 11.2. The van der Waals surface area contributed by atoms with Crippen molar-refractivity contribution in [2.24, 2.45) is 5.16 Å². The molecule has 1 aromatic heterocycles. The first-order chi connectivity index (χ1) is 21.1. The van der Waals surface area contributed by atoms with Gasteiger partial charge in [-0.25, -0.2) is 13.6 Å². The van der Waals surface area contributed by atoms with E-state index in [1.54, 1.807) is 4.90 Å². The molecule has 1 aromatic carbocycles. The van der Waals surface area contributed by atoms with Gasteiger partial charge in [0.15, 0.2) is 11.3 Å². The molecule has 1 fully saturated rings. The highest BCUT2D eigenvalue weighted by Gasteiger charge is 2.55. The molecule has 1 saturated heterocycles. The van der Waals surface area contributed by atoms with Gasteiger partial charge in [-0.2, -0.15) is 0 Å². The third-order valence-electron chi connectivity index (χ3n) is 8.35. The molecule has 2 amide bonds. The van der Waals surface area contributed by atoms with Gasteiger partial charge in [0.05, 0.1) is 26.2 Å². The fourth-order valence-electron chi connectivity index (χ4n) is 5.83. The number of unbranched alkanes of at least 4 members (excludes halogenated alkanes) is 2. The van der Waals surface area contributed by atoms with Crippen LogP contribution in [0.4, 0.5) is 13.6 Å². The number of ether oxygens (including phenoxy) is 3. The Labute approximate surface area is 251 Å². The standard InChI is InChI=1S/C30H34F2N4O8/c1-4-5-6-11-42-29(40)43-26-24-28(39)35-16-22(30(10-9-17(35)2)13-23(41-3)34-44-30)36(24)15-20(25(26)37)27(38)33-14-18-7-8-19(31)12-21(18)32/h7-8,12,15,17,22H,4-6,9-11,13-14,16H2,1-3H3,(H,33,38)/t17-,22+,30-/m0/s1. The summed E-state index contributed by atoms with van der Waals surface area (Å²) in [6.45, 7) is 3.68. The van der Waals surface area contributed by atoms with Crippen LogP contribution in [-0.4, -0.2) is 65.2 Å². The zero-order valence-corrected chi connectivity index (χ0v) is 24.7. The number of carbonyl (C=O) groups excluding carboxylic acids is 3. The maximum absolute atomic E-state index is 14.2. The van der Waals surface area contributed by atoms with Crippen LogP contribution >= 0.6 is 0 Å². The van der Waals surface area contributed by atoms with Gasteiger partial charge in [0.1, 0.15) is 17.2 Å². The van der Waals surface area contributed by atoms with E-state index >= 15 is 0 Å². The molecule has 3 atom stereocenters. The molecule has 2 aromatic rings. The highest BCUT2D eigenvalue weighted by atomic mass is 19.1. The molecule has 1 N–H and O–H groups in total. The summed E-state index contributed by atoms with van der Waals surface area (Å²) in [4.78, 5) is 61.4. The first-order valence-corrected chi connectivity index (χ1v) is 14.5. The van der Waals surface area contributed by atoms with Crippen molar-refractivity contribution in [2.45, 2.75) is 76.6 Å². The Balaban J connectivity index is 1.58. The van der Waals surface area contributed by atoms with Crippen LogP contribution < -0.4 is 15.5 Å². The Morgan fingerprint density at radius 1 is 1.23 bits per heavy atom. The number of methoxy groups -OCH3 is 1. The number of amides is 2. The fourth-order valence-corrected chi connectivity index (χ4v) is 5.83. The van der Waals surface area contributed by atoms with Gasteiger partial charge >= 0.3 is 6.16 Å². The quantitative estimate of drug-likeness (QED) is 0.346. The number of hydrogen-bond donors (Lipinski definition) is 1. The van der Waals surface area contributed by atoms with E-state index < -0.39 is 58.0 Å². The van der Waals surface area contributed by atoms with Crippen LogP contribution in [-0.2, 0) is 20.9 Å². The molecule has 3 aliphatic heterocycles. The number of nitrogens with one attached hydrogen (secondary N) is 1. The molecule has 3 aliphatic rings. The lowest BCUT2D eigenvalue weighted by Crippen LogP contribution is -2.52. The summed E-state index contributed by atoms with van der Waals surface area (Å²) in [5, 5.41) is 6.54. The van der Waals surface area contributed by atoms with Crippen molar-refractivity contribution in [3.05, 3.63) is 63.1 Å². The van der Waals surface area contributed by atoms with E-state index in [0.717, 1.165) is 18.9 Å². The van der Waals surface area contributed by atoms with Crippen molar-refractivity contribution in [3.63, 3.8) is 0 Å². The smallest absolute Gasteiger partial charge is 0.482 e. The van der Waals surface area contributed by atoms with Crippen molar-refractivity contribution < 1.29 is 42.2 Å². The normalized spacial score (nSPS) is 22.1.